The Bertz CT molecular complexity index is 691. The van der Waals surface area contributed by atoms with Crippen LogP contribution in [0, 0.1) is 5.41 Å². The number of hydrogen-bond donors (Lipinski definition) is 0. The normalized spacial score (nSPS) is 30.6. The zero-order valence-corrected chi connectivity index (χ0v) is 23.2. The van der Waals surface area contributed by atoms with Crippen molar-refractivity contribution in [1.82, 2.24) is 9.80 Å². The third kappa shape index (κ3) is 5.63. The Morgan fingerprint density at radius 3 is 1.35 bits per heavy atom. The molecule has 3 aliphatic rings. The van der Waals surface area contributed by atoms with Gasteiger partial charge in [-0.1, -0.05) is 12.2 Å². The van der Waals surface area contributed by atoms with Gasteiger partial charge in [-0.3, -0.25) is 9.80 Å². The van der Waals surface area contributed by atoms with Gasteiger partial charge < -0.3 is 18.9 Å². The number of ether oxygens (including phenoxy) is 4. The molecule has 0 aliphatic carbocycles. The minimum Gasteiger partial charge on any atom is -0.379 e. The van der Waals surface area contributed by atoms with E-state index in [2.05, 4.69) is 78.3 Å². The predicted molar refractivity (Wildman–Crippen MR) is 138 cm³/mol. The summed E-state index contributed by atoms with van der Waals surface area (Å²) in [5.41, 5.74) is -0.726. The minimum atomic E-state index is -0.579. The molecule has 0 atom stereocenters. The summed E-state index contributed by atoms with van der Waals surface area (Å²) < 4.78 is 26.1. The van der Waals surface area contributed by atoms with Crippen molar-refractivity contribution in [2.75, 3.05) is 52.7 Å². The zero-order chi connectivity index (χ0) is 25.5. The second kappa shape index (κ2) is 9.60. The number of likely N-dealkylation sites (tertiary alicyclic amines) is 1. The van der Waals surface area contributed by atoms with Crippen molar-refractivity contribution >= 4 is 0 Å². The third-order valence-electron chi connectivity index (χ3n) is 7.96. The van der Waals surface area contributed by atoms with E-state index in [1.807, 2.05) is 12.2 Å². The van der Waals surface area contributed by atoms with Gasteiger partial charge in [0.15, 0.2) is 5.79 Å². The summed E-state index contributed by atoms with van der Waals surface area (Å²) in [6, 6.07) is 0. The van der Waals surface area contributed by atoms with Crippen LogP contribution in [0.1, 0.15) is 68.2 Å². The van der Waals surface area contributed by atoms with Crippen LogP contribution in [0.4, 0.5) is 0 Å². The lowest BCUT2D eigenvalue weighted by Crippen LogP contribution is -2.69. The van der Waals surface area contributed by atoms with E-state index < -0.39 is 5.79 Å². The molecule has 0 amide bonds. The predicted octanol–water partition coefficient (Wildman–Crippen LogP) is 4.65. The summed E-state index contributed by atoms with van der Waals surface area (Å²) in [4.78, 5) is 4.94. The van der Waals surface area contributed by atoms with Gasteiger partial charge in [-0.05, 0) is 55.4 Å². The van der Waals surface area contributed by atoms with E-state index in [0.717, 1.165) is 25.9 Å². The topological polar surface area (TPSA) is 43.4 Å². The molecule has 0 unspecified atom stereocenters. The Labute approximate surface area is 208 Å². The summed E-state index contributed by atoms with van der Waals surface area (Å²) in [6.45, 7) is 31.2. The first-order valence-corrected chi connectivity index (χ1v) is 12.8. The lowest BCUT2D eigenvalue weighted by molar-refractivity contribution is -0.351. The molecule has 3 saturated heterocycles. The van der Waals surface area contributed by atoms with Gasteiger partial charge in [0.05, 0.1) is 45.1 Å². The maximum atomic E-state index is 6.67. The van der Waals surface area contributed by atoms with Crippen molar-refractivity contribution in [3.63, 3.8) is 0 Å². The lowest BCUT2D eigenvalue weighted by atomic mass is 9.75. The van der Waals surface area contributed by atoms with Crippen molar-refractivity contribution in [1.29, 1.82) is 0 Å². The highest BCUT2D eigenvalue weighted by atomic mass is 16.7. The van der Waals surface area contributed by atoms with Crippen LogP contribution in [-0.2, 0) is 18.9 Å². The zero-order valence-electron chi connectivity index (χ0n) is 23.2. The van der Waals surface area contributed by atoms with E-state index in [1.165, 1.54) is 0 Å². The van der Waals surface area contributed by atoms with Gasteiger partial charge in [-0.2, -0.15) is 0 Å². The summed E-state index contributed by atoms with van der Waals surface area (Å²) in [5, 5.41) is 0. The molecule has 3 heterocycles. The van der Waals surface area contributed by atoms with E-state index in [0.29, 0.717) is 39.6 Å². The highest BCUT2D eigenvalue weighted by molar-refractivity contribution is 5.07. The molecule has 2 spiro atoms. The molecule has 0 N–H and O–H groups in total. The average Bonchev–Trinajstić information content (AvgIpc) is 2.70. The van der Waals surface area contributed by atoms with Gasteiger partial charge in [-0.25, -0.2) is 0 Å². The second-order valence-corrected chi connectivity index (χ2v) is 13.4. The fourth-order valence-electron chi connectivity index (χ4n) is 6.71. The molecule has 3 aliphatic heterocycles. The molecule has 6 heteroatoms. The number of piperidine rings is 1. The first kappa shape index (κ1) is 27.8. The van der Waals surface area contributed by atoms with Crippen molar-refractivity contribution in [3.05, 3.63) is 25.3 Å². The van der Waals surface area contributed by atoms with Crippen molar-refractivity contribution in [2.45, 2.75) is 96.2 Å². The Kier molecular flexibility index (Phi) is 7.86. The lowest BCUT2D eigenvalue weighted by Gasteiger charge is -2.60. The minimum absolute atomic E-state index is 0.0631. The van der Waals surface area contributed by atoms with Crippen LogP contribution in [-0.4, -0.2) is 90.5 Å². The summed E-state index contributed by atoms with van der Waals surface area (Å²) in [5.74, 6) is -0.579. The summed E-state index contributed by atoms with van der Waals surface area (Å²) in [7, 11) is 0. The van der Waals surface area contributed by atoms with E-state index >= 15 is 0 Å². The average molecular weight is 479 g/mol. The van der Waals surface area contributed by atoms with Crippen LogP contribution in [0.25, 0.3) is 0 Å². The molecule has 196 valence electrons. The molecule has 3 fully saturated rings. The number of rotatable bonds is 4. The molecule has 34 heavy (non-hydrogen) atoms. The highest BCUT2D eigenvalue weighted by Gasteiger charge is 2.57. The van der Waals surface area contributed by atoms with Crippen LogP contribution >= 0.6 is 0 Å². The Morgan fingerprint density at radius 2 is 0.971 bits per heavy atom. The maximum absolute atomic E-state index is 6.67. The van der Waals surface area contributed by atoms with Crippen molar-refractivity contribution in [3.8, 4) is 0 Å². The molecule has 0 aromatic carbocycles. The maximum Gasteiger partial charge on any atom is 0.171 e. The standard InChI is InChI=1S/C28H50N2O4/c1-11-13-29-23(3,4)15-28(16-24(29,5)6)33-21-27(22-34-28)19-31-17-25(7,8)30(14-12-2)26(9,10)18-32-20-27/h11-12H,1-2,13-22H2,3-10H3. The van der Waals surface area contributed by atoms with Crippen molar-refractivity contribution in [2.24, 2.45) is 5.41 Å². The molecular weight excluding hydrogens is 428 g/mol. The van der Waals surface area contributed by atoms with Gasteiger partial charge in [-0.15, -0.1) is 13.2 Å². The number of nitrogens with zero attached hydrogens (tertiary/aromatic N) is 2. The van der Waals surface area contributed by atoms with Gasteiger partial charge in [0.25, 0.3) is 0 Å². The van der Waals surface area contributed by atoms with E-state index in [-0.39, 0.29) is 27.6 Å². The molecule has 0 saturated carbocycles. The second-order valence-electron chi connectivity index (χ2n) is 13.4. The molecular formula is C28H50N2O4. The monoisotopic (exact) mass is 478 g/mol. The van der Waals surface area contributed by atoms with Crippen LogP contribution in [0.3, 0.4) is 0 Å². The van der Waals surface area contributed by atoms with Gasteiger partial charge in [0, 0.05) is 48.1 Å². The molecule has 0 aromatic rings. The van der Waals surface area contributed by atoms with Crippen LogP contribution in [0.5, 0.6) is 0 Å². The molecule has 3 rings (SSSR count). The largest absolute Gasteiger partial charge is 0.379 e. The van der Waals surface area contributed by atoms with Gasteiger partial charge in [0.1, 0.15) is 0 Å². The quantitative estimate of drug-likeness (QED) is 0.548. The Hall–Kier alpha value is -0.760. The first-order valence-electron chi connectivity index (χ1n) is 12.8. The molecule has 0 radical (unpaired) electrons. The number of hydrogen-bond acceptors (Lipinski definition) is 6. The summed E-state index contributed by atoms with van der Waals surface area (Å²) >= 11 is 0. The van der Waals surface area contributed by atoms with Crippen LogP contribution in [0.15, 0.2) is 25.3 Å². The molecule has 0 bridgehead atoms. The van der Waals surface area contributed by atoms with Crippen LogP contribution in [0.2, 0.25) is 0 Å². The smallest absolute Gasteiger partial charge is 0.171 e. The van der Waals surface area contributed by atoms with E-state index in [9.17, 15) is 0 Å². The summed E-state index contributed by atoms with van der Waals surface area (Å²) in [6.07, 6.45) is 5.60. The molecule has 0 aromatic heterocycles. The van der Waals surface area contributed by atoms with Gasteiger partial charge in [0.2, 0.25) is 0 Å². The fraction of sp³-hybridized carbons (Fsp3) is 0.857. The van der Waals surface area contributed by atoms with Crippen molar-refractivity contribution < 1.29 is 18.9 Å². The highest BCUT2D eigenvalue weighted by Crippen LogP contribution is 2.48. The SMILES string of the molecule is C=CCN1C(C)(C)COCC2(COCC1(C)C)COC1(CC(C)(C)N(CC=C)C(C)(C)C1)OC2. The van der Waals surface area contributed by atoms with Gasteiger partial charge >= 0.3 is 0 Å². The third-order valence-corrected chi connectivity index (χ3v) is 7.96. The fourth-order valence-corrected chi connectivity index (χ4v) is 6.71. The molecule has 6 nitrogen and oxygen atoms in total. The van der Waals surface area contributed by atoms with E-state index in [1.54, 1.807) is 0 Å². The van der Waals surface area contributed by atoms with Crippen LogP contribution < -0.4 is 0 Å². The Balaban J connectivity index is 1.74. The Morgan fingerprint density at radius 1 is 0.588 bits per heavy atom. The first-order chi connectivity index (χ1) is 15.6. The van der Waals surface area contributed by atoms with E-state index in [4.69, 9.17) is 18.9 Å².